The van der Waals surface area contributed by atoms with Crippen LogP contribution in [0.2, 0.25) is 0 Å². The topological polar surface area (TPSA) is 49.8 Å². The Balaban J connectivity index is 2.27. The summed E-state index contributed by atoms with van der Waals surface area (Å²) in [6.45, 7) is 3.98. The van der Waals surface area contributed by atoms with Gasteiger partial charge in [-0.15, -0.1) is 0 Å². The van der Waals surface area contributed by atoms with E-state index in [4.69, 9.17) is 9.84 Å². The molecular weight excluding hydrogens is 237 g/mol. The minimum Gasteiger partial charge on any atom is -0.478 e. The SMILES string of the molecule is CCC1COCCN1c1ccc(C(=O)O)c(F)c1. The molecule has 1 heterocycles. The summed E-state index contributed by atoms with van der Waals surface area (Å²) < 4.78 is 19.0. The highest BCUT2D eigenvalue weighted by Gasteiger charge is 2.23. The third-order valence-electron chi connectivity index (χ3n) is 3.21. The van der Waals surface area contributed by atoms with Gasteiger partial charge in [0.25, 0.3) is 0 Å². The number of rotatable bonds is 3. The maximum atomic E-state index is 13.6. The predicted molar refractivity (Wildman–Crippen MR) is 65.6 cm³/mol. The number of carboxylic acid groups (broad SMARTS) is 1. The molecule has 4 nitrogen and oxygen atoms in total. The molecule has 1 aromatic rings. The van der Waals surface area contributed by atoms with Crippen molar-refractivity contribution >= 4 is 11.7 Å². The van der Waals surface area contributed by atoms with Gasteiger partial charge in [0.15, 0.2) is 0 Å². The van der Waals surface area contributed by atoms with Crippen LogP contribution in [0.4, 0.5) is 10.1 Å². The molecule has 0 aliphatic carbocycles. The molecule has 0 radical (unpaired) electrons. The maximum absolute atomic E-state index is 13.6. The number of morpholine rings is 1. The lowest BCUT2D eigenvalue weighted by Crippen LogP contribution is -2.45. The van der Waals surface area contributed by atoms with E-state index in [2.05, 4.69) is 4.90 Å². The Morgan fingerprint density at radius 1 is 1.61 bits per heavy atom. The van der Waals surface area contributed by atoms with Gasteiger partial charge in [-0.1, -0.05) is 6.92 Å². The first-order chi connectivity index (χ1) is 8.63. The Kier molecular flexibility index (Phi) is 3.81. The zero-order valence-electron chi connectivity index (χ0n) is 10.2. The zero-order valence-corrected chi connectivity index (χ0v) is 10.2. The van der Waals surface area contributed by atoms with Gasteiger partial charge in [0.05, 0.1) is 24.8 Å². The first-order valence-electron chi connectivity index (χ1n) is 6.00. The van der Waals surface area contributed by atoms with Crippen LogP contribution in [0.5, 0.6) is 0 Å². The Bertz CT molecular complexity index is 450. The number of aromatic carboxylic acids is 1. The van der Waals surface area contributed by atoms with Crippen LogP contribution in [0.3, 0.4) is 0 Å². The van der Waals surface area contributed by atoms with Crippen molar-refractivity contribution in [1.82, 2.24) is 0 Å². The quantitative estimate of drug-likeness (QED) is 0.896. The highest BCUT2D eigenvalue weighted by Crippen LogP contribution is 2.23. The minimum absolute atomic E-state index is 0.217. The summed E-state index contributed by atoms with van der Waals surface area (Å²) in [5, 5.41) is 8.79. The molecule has 1 N–H and O–H groups in total. The Morgan fingerprint density at radius 2 is 2.39 bits per heavy atom. The number of anilines is 1. The molecular formula is C13H16FNO3. The largest absolute Gasteiger partial charge is 0.478 e. The normalized spacial score (nSPS) is 19.9. The first kappa shape index (κ1) is 12.8. The highest BCUT2D eigenvalue weighted by molar-refractivity contribution is 5.88. The van der Waals surface area contributed by atoms with Crippen LogP contribution in [0.1, 0.15) is 23.7 Å². The minimum atomic E-state index is -1.24. The van der Waals surface area contributed by atoms with Crippen LogP contribution in [-0.2, 0) is 4.74 Å². The van der Waals surface area contributed by atoms with Gasteiger partial charge >= 0.3 is 5.97 Å². The van der Waals surface area contributed by atoms with Crippen molar-refractivity contribution in [1.29, 1.82) is 0 Å². The van der Waals surface area contributed by atoms with Crippen LogP contribution >= 0.6 is 0 Å². The number of hydrogen-bond donors (Lipinski definition) is 1. The molecule has 1 fully saturated rings. The fraction of sp³-hybridized carbons (Fsp3) is 0.462. The Hall–Kier alpha value is -1.62. The van der Waals surface area contributed by atoms with E-state index in [0.717, 1.165) is 6.42 Å². The van der Waals surface area contributed by atoms with Crippen molar-refractivity contribution in [2.45, 2.75) is 19.4 Å². The summed E-state index contributed by atoms with van der Waals surface area (Å²) in [4.78, 5) is 12.8. The van der Waals surface area contributed by atoms with Gasteiger partial charge in [0, 0.05) is 12.2 Å². The summed E-state index contributed by atoms with van der Waals surface area (Å²) in [6.07, 6.45) is 0.905. The summed E-state index contributed by atoms with van der Waals surface area (Å²) in [7, 11) is 0. The molecule has 1 aliphatic heterocycles. The smallest absolute Gasteiger partial charge is 0.338 e. The van der Waals surface area contributed by atoms with Crippen molar-refractivity contribution in [2.24, 2.45) is 0 Å². The van der Waals surface area contributed by atoms with E-state index >= 15 is 0 Å². The van der Waals surface area contributed by atoms with Crippen LogP contribution in [-0.4, -0.2) is 36.9 Å². The van der Waals surface area contributed by atoms with Crippen molar-refractivity contribution < 1.29 is 19.0 Å². The van der Waals surface area contributed by atoms with E-state index in [1.165, 1.54) is 12.1 Å². The van der Waals surface area contributed by atoms with Gasteiger partial charge in [-0.2, -0.15) is 0 Å². The van der Waals surface area contributed by atoms with E-state index in [1.54, 1.807) is 6.07 Å². The van der Waals surface area contributed by atoms with Crippen molar-refractivity contribution in [3.63, 3.8) is 0 Å². The number of ether oxygens (including phenoxy) is 1. The van der Waals surface area contributed by atoms with Crippen LogP contribution < -0.4 is 4.90 Å². The lowest BCUT2D eigenvalue weighted by molar-refractivity contribution is 0.0691. The summed E-state index contributed by atoms with van der Waals surface area (Å²) in [6, 6.07) is 4.47. The summed E-state index contributed by atoms with van der Waals surface area (Å²) in [5.74, 6) is -1.94. The monoisotopic (exact) mass is 253 g/mol. The molecule has 5 heteroatoms. The molecule has 1 unspecified atom stereocenters. The number of nitrogens with zero attached hydrogens (tertiary/aromatic N) is 1. The highest BCUT2D eigenvalue weighted by atomic mass is 19.1. The van der Waals surface area contributed by atoms with Crippen LogP contribution in [0.25, 0.3) is 0 Å². The van der Waals surface area contributed by atoms with Gasteiger partial charge in [0.1, 0.15) is 5.82 Å². The van der Waals surface area contributed by atoms with Crippen molar-refractivity contribution in [2.75, 3.05) is 24.7 Å². The molecule has 0 aromatic heterocycles. The van der Waals surface area contributed by atoms with E-state index < -0.39 is 11.8 Å². The van der Waals surface area contributed by atoms with Gasteiger partial charge in [-0.25, -0.2) is 9.18 Å². The molecule has 2 rings (SSSR count). The van der Waals surface area contributed by atoms with Gasteiger partial charge in [0.2, 0.25) is 0 Å². The fourth-order valence-electron chi connectivity index (χ4n) is 2.19. The third-order valence-corrected chi connectivity index (χ3v) is 3.21. The second-order valence-electron chi connectivity index (χ2n) is 4.30. The lowest BCUT2D eigenvalue weighted by atomic mass is 10.1. The zero-order chi connectivity index (χ0) is 13.1. The number of carboxylic acids is 1. The van der Waals surface area contributed by atoms with Crippen molar-refractivity contribution in [3.8, 4) is 0 Å². The number of halogens is 1. The van der Waals surface area contributed by atoms with E-state index in [1.807, 2.05) is 6.92 Å². The number of benzene rings is 1. The number of hydrogen-bond acceptors (Lipinski definition) is 3. The number of carbonyl (C=O) groups is 1. The van der Waals surface area contributed by atoms with Gasteiger partial charge in [-0.3, -0.25) is 0 Å². The average molecular weight is 253 g/mol. The fourth-order valence-corrected chi connectivity index (χ4v) is 2.19. The lowest BCUT2D eigenvalue weighted by Gasteiger charge is -2.37. The molecule has 0 amide bonds. The standard InChI is InChI=1S/C13H16FNO3/c1-2-9-8-18-6-5-15(9)10-3-4-11(13(16)17)12(14)7-10/h3-4,7,9H,2,5-6,8H2,1H3,(H,16,17). The van der Waals surface area contributed by atoms with Crippen LogP contribution in [0.15, 0.2) is 18.2 Å². The third kappa shape index (κ3) is 2.46. The van der Waals surface area contributed by atoms with Gasteiger partial charge < -0.3 is 14.7 Å². The molecule has 1 saturated heterocycles. The molecule has 0 saturated carbocycles. The Morgan fingerprint density at radius 3 is 3.00 bits per heavy atom. The van der Waals surface area contributed by atoms with E-state index in [9.17, 15) is 9.18 Å². The molecule has 0 bridgehead atoms. The molecule has 1 aromatic carbocycles. The molecule has 1 aliphatic rings. The average Bonchev–Trinajstić information content (AvgIpc) is 2.38. The van der Waals surface area contributed by atoms with Crippen molar-refractivity contribution in [3.05, 3.63) is 29.6 Å². The summed E-state index contributed by atoms with van der Waals surface area (Å²) >= 11 is 0. The molecule has 98 valence electrons. The second-order valence-corrected chi connectivity index (χ2v) is 4.30. The summed E-state index contributed by atoms with van der Waals surface area (Å²) in [5.41, 5.74) is 0.424. The van der Waals surface area contributed by atoms with E-state index in [0.29, 0.717) is 25.4 Å². The Labute approximate surface area is 105 Å². The molecule has 0 spiro atoms. The second kappa shape index (κ2) is 5.35. The van der Waals surface area contributed by atoms with Crippen LogP contribution in [0, 0.1) is 5.82 Å². The molecule has 1 atom stereocenters. The first-order valence-corrected chi connectivity index (χ1v) is 6.00. The maximum Gasteiger partial charge on any atom is 0.338 e. The molecule has 18 heavy (non-hydrogen) atoms. The predicted octanol–water partition coefficient (Wildman–Crippen LogP) is 2.14. The van der Waals surface area contributed by atoms with E-state index in [-0.39, 0.29) is 11.6 Å². The van der Waals surface area contributed by atoms with Gasteiger partial charge in [-0.05, 0) is 24.6 Å².